The van der Waals surface area contributed by atoms with Crippen LogP contribution in [0.1, 0.15) is 43.6 Å². The van der Waals surface area contributed by atoms with Crippen molar-refractivity contribution in [1.82, 2.24) is 5.06 Å². The predicted molar refractivity (Wildman–Crippen MR) is 154 cm³/mol. The summed E-state index contributed by atoms with van der Waals surface area (Å²) in [6.45, 7) is 2.11. The first-order valence-electron chi connectivity index (χ1n) is 13.7. The van der Waals surface area contributed by atoms with Gasteiger partial charge in [0.2, 0.25) is 0 Å². The molecule has 0 amide bonds. The van der Waals surface area contributed by atoms with Gasteiger partial charge in [-0.25, -0.2) is 14.4 Å². The second kappa shape index (κ2) is 13.7. The largest absolute Gasteiger partial charge is 0.453 e. The van der Waals surface area contributed by atoms with Crippen LogP contribution in [-0.4, -0.2) is 53.9 Å². The number of piperidine rings is 1. The minimum atomic E-state index is -1.12. The van der Waals surface area contributed by atoms with Crippen LogP contribution < -0.4 is 0 Å². The lowest BCUT2D eigenvalue weighted by atomic mass is 9.95. The van der Waals surface area contributed by atoms with Crippen LogP contribution in [0.5, 0.6) is 0 Å². The fourth-order valence-electron chi connectivity index (χ4n) is 4.72. The lowest BCUT2D eigenvalue weighted by Crippen LogP contribution is -2.63. The third-order valence-electron chi connectivity index (χ3n) is 6.99. The van der Waals surface area contributed by atoms with E-state index in [0.717, 1.165) is 5.56 Å². The molecule has 0 bridgehead atoms. The molecule has 214 valence electrons. The molecule has 8 heteroatoms. The van der Waals surface area contributed by atoms with Gasteiger partial charge in [-0.15, -0.1) is 0 Å². The SMILES string of the molecule is C[C@@H]1[C@H](OC(=O)c2ccccc2)[C@@H](OC(=O)c2ccccc2)[C@@H](OC(=O)c2ccccc2)CN1OCc1ccccc1. The molecule has 1 heterocycles. The van der Waals surface area contributed by atoms with Crippen molar-refractivity contribution in [1.29, 1.82) is 0 Å². The van der Waals surface area contributed by atoms with Crippen molar-refractivity contribution < 1.29 is 33.4 Å². The predicted octanol–water partition coefficient (Wildman–Crippen LogP) is 5.50. The molecule has 42 heavy (non-hydrogen) atoms. The van der Waals surface area contributed by atoms with E-state index in [1.165, 1.54) is 0 Å². The van der Waals surface area contributed by atoms with Gasteiger partial charge >= 0.3 is 17.9 Å². The summed E-state index contributed by atoms with van der Waals surface area (Å²) in [6.07, 6.45) is -3.18. The summed E-state index contributed by atoms with van der Waals surface area (Å²) in [4.78, 5) is 45.9. The van der Waals surface area contributed by atoms with E-state index in [-0.39, 0.29) is 13.2 Å². The Kier molecular flexibility index (Phi) is 9.38. The summed E-state index contributed by atoms with van der Waals surface area (Å²) in [6, 6.07) is 34.5. The maximum absolute atomic E-state index is 13.3. The molecule has 1 aliphatic rings. The van der Waals surface area contributed by atoms with E-state index < -0.39 is 42.3 Å². The molecule has 0 aliphatic carbocycles. The van der Waals surface area contributed by atoms with E-state index in [1.807, 2.05) is 37.3 Å². The van der Waals surface area contributed by atoms with Crippen LogP contribution in [-0.2, 0) is 25.7 Å². The maximum Gasteiger partial charge on any atom is 0.338 e. The molecule has 0 aromatic heterocycles. The molecule has 0 unspecified atom stereocenters. The average molecular weight is 566 g/mol. The molecule has 0 N–H and O–H groups in total. The molecule has 0 radical (unpaired) electrons. The molecule has 4 atom stereocenters. The van der Waals surface area contributed by atoms with Crippen molar-refractivity contribution in [2.24, 2.45) is 0 Å². The molecular weight excluding hydrogens is 534 g/mol. The Bertz CT molecular complexity index is 1470. The summed E-state index contributed by atoms with van der Waals surface area (Å²) in [5.74, 6) is -1.84. The standard InChI is InChI=1S/C34H31NO7/c1-24-30(41-33(37)27-18-10-4-11-19-27)31(42-34(38)28-20-12-5-13-21-28)29(40-32(36)26-16-8-3-9-17-26)22-35(24)39-23-25-14-6-2-7-15-25/h2-21,24,29-31H,22-23H2,1H3/t24-,29+,30+,31+/m1/s1. The lowest BCUT2D eigenvalue weighted by molar-refractivity contribution is -0.263. The Balaban J connectivity index is 1.47. The van der Waals surface area contributed by atoms with Gasteiger partial charge in [0.15, 0.2) is 18.3 Å². The number of ether oxygens (including phenoxy) is 3. The Morgan fingerprint density at radius 3 is 1.48 bits per heavy atom. The highest BCUT2D eigenvalue weighted by atomic mass is 16.7. The molecule has 1 saturated heterocycles. The summed E-state index contributed by atoms with van der Waals surface area (Å²) in [7, 11) is 0. The van der Waals surface area contributed by atoms with Gasteiger partial charge in [-0.1, -0.05) is 84.9 Å². The quantitative estimate of drug-likeness (QED) is 0.194. The normalized spacial score (nSPS) is 20.3. The highest BCUT2D eigenvalue weighted by molar-refractivity contribution is 5.91. The van der Waals surface area contributed by atoms with Gasteiger partial charge in [0.1, 0.15) is 0 Å². The van der Waals surface area contributed by atoms with Gasteiger partial charge in [0.05, 0.1) is 35.9 Å². The van der Waals surface area contributed by atoms with Crippen LogP contribution >= 0.6 is 0 Å². The summed E-state index contributed by atoms with van der Waals surface area (Å²) in [5.41, 5.74) is 1.91. The number of esters is 3. The topological polar surface area (TPSA) is 91.4 Å². The summed E-state index contributed by atoms with van der Waals surface area (Å²) in [5, 5.41) is 1.62. The van der Waals surface area contributed by atoms with Gasteiger partial charge < -0.3 is 14.2 Å². The lowest BCUT2D eigenvalue weighted by Gasteiger charge is -2.45. The molecule has 8 nitrogen and oxygen atoms in total. The van der Waals surface area contributed by atoms with E-state index in [4.69, 9.17) is 19.0 Å². The van der Waals surface area contributed by atoms with Crippen LogP contribution in [0.3, 0.4) is 0 Å². The number of hydrogen-bond donors (Lipinski definition) is 0. The smallest absolute Gasteiger partial charge is 0.338 e. The number of nitrogens with zero attached hydrogens (tertiary/aromatic N) is 1. The van der Waals surface area contributed by atoms with Crippen molar-refractivity contribution >= 4 is 17.9 Å². The number of hydrogen-bond acceptors (Lipinski definition) is 8. The van der Waals surface area contributed by atoms with Crippen molar-refractivity contribution in [3.63, 3.8) is 0 Å². The minimum Gasteiger partial charge on any atom is -0.453 e. The zero-order chi connectivity index (χ0) is 29.3. The molecule has 4 aromatic carbocycles. The Labute approximate surface area is 244 Å². The van der Waals surface area contributed by atoms with Gasteiger partial charge in [-0.2, -0.15) is 5.06 Å². The Hall–Kier alpha value is -4.79. The summed E-state index contributed by atoms with van der Waals surface area (Å²) >= 11 is 0. The second-order valence-electron chi connectivity index (χ2n) is 9.88. The molecule has 4 aromatic rings. The van der Waals surface area contributed by atoms with Crippen LogP contribution in [0.2, 0.25) is 0 Å². The second-order valence-corrected chi connectivity index (χ2v) is 9.88. The highest BCUT2D eigenvalue weighted by Gasteiger charge is 2.49. The third-order valence-corrected chi connectivity index (χ3v) is 6.99. The van der Waals surface area contributed by atoms with Crippen LogP contribution in [0.15, 0.2) is 121 Å². The molecule has 1 fully saturated rings. The maximum atomic E-state index is 13.3. The third kappa shape index (κ3) is 7.09. The van der Waals surface area contributed by atoms with Gasteiger partial charge in [-0.3, -0.25) is 4.84 Å². The summed E-state index contributed by atoms with van der Waals surface area (Å²) < 4.78 is 17.9. The van der Waals surface area contributed by atoms with Crippen LogP contribution in [0.4, 0.5) is 0 Å². The van der Waals surface area contributed by atoms with E-state index >= 15 is 0 Å². The first-order chi connectivity index (χ1) is 20.5. The van der Waals surface area contributed by atoms with E-state index in [1.54, 1.807) is 96.1 Å². The van der Waals surface area contributed by atoms with Crippen molar-refractivity contribution in [3.8, 4) is 0 Å². The van der Waals surface area contributed by atoms with E-state index in [9.17, 15) is 14.4 Å². The Morgan fingerprint density at radius 2 is 1.00 bits per heavy atom. The molecule has 5 rings (SSSR count). The number of benzene rings is 4. The average Bonchev–Trinajstić information content (AvgIpc) is 3.04. The van der Waals surface area contributed by atoms with Crippen LogP contribution in [0, 0.1) is 0 Å². The van der Waals surface area contributed by atoms with Crippen molar-refractivity contribution in [2.45, 2.75) is 37.9 Å². The molecular formula is C34H31NO7. The van der Waals surface area contributed by atoms with E-state index in [0.29, 0.717) is 16.7 Å². The number of carbonyl (C=O) groups is 3. The molecule has 0 spiro atoms. The van der Waals surface area contributed by atoms with Crippen molar-refractivity contribution in [2.75, 3.05) is 6.54 Å². The number of hydroxylamine groups is 2. The Morgan fingerprint density at radius 1 is 0.595 bits per heavy atom. The van der Waals surface area contributed by atoms with Crippen LogP contribution in [0.25, 0.3) is 0 Å². The zero-order valence-electron chi connectivity index (χ0n) is 23.1. The number of rotatable bonds is 9. The minimum absolute atomic E-state index is 0.0682. The molecule has 1 aliphatic heterocycles. The molecule has 0 saturated carbocycles. The number of carbonyl (C=O) groups excluding carboxylic acids is 3. The highest BCUT2D eigenvalue weighted by Crippen LogP contribution is 2.29. The fourth-order valence-corrected chi connectivity index (χ4v) is 4.72. The van der Waals surface area contributed by atoms with Gasteiger partial charge in [0, 0.05) is 0 Å². The van der Waals surface area contributed by atoms with Crippen molar-refractivity contribution in [3.05, 3.63) is 144 Å². The monoisotopic (exact) mass is 565 g/mol. The van der Waals surface area contributed by atoms with E-state index in [2.05, 4.69) is 0 Å². The van der Waals surface area contributed by atoms with Gasteiger partial charge in [0.25, 0.3) is 0 Å². The zero-order valence-corrected chi connectivity index (χ0v) is 23.1. The van der Waals surface area contributed by atoms with Gasteiger partial charge in [-0.05, 0) is 48.9 Å². The first-order valence-corrected chi connectivity index (χ1v) is 13.7. The fraction of sp³-hybridized carbons (Fsp3) is 0.206. The first kappa shape index (κ1) is 28.7.